The van der Waals surface area contributed by atoms with Crippen LogP contribution >= 0.6 is 11.3 Å². The molecule has 5 heteroatoms. The summed E-state index contributed by atoms with van der Waals surface area (Å²) in [6, 6.07) is 3.23. The van der Waals surface area contributed by atoms with Gasteiger partial charge in [0.1, 0.15) is 0 Å². The fourth-order valence-corrected chi connectivity index (χ4v) is 3.18. The minimum Gasteiger partial charge on any atom is -0.338 e. The van der Waals surface area contributed by atoms with Crippen molar-refractivity contribution in [3.05, 3.63) is 22.7 Å². The Bertz CT molecular complexity index is 498. The van der Waals surface area contributed by atoms with Crippen molar-refractivity contribution in [1.82, 2.24) is 15.0 Å². The second-order valence-corrected chi connectivity index (χ2v) is 5.75. The highest BCUT2D eigenvalue weighted by Gasteiger charge is 2.28. The Balaban J connectivity index is 1.74. The van der Waals surface area contributed by atoms with Crippen molar-refractivity contribution in [2.45, 2.75) is 45.3 Å². The Hall–Kier alpha value is -1.20. The summed E-state index contributed by atoms with van der Waals surface area (Å²) in [5.74, 6) is 1.42. The van der Waals surface area contributed by atoms with Gasteiger partial charge in [-0.05, 0) is 38.1 Å². The van der Waals surface area contributed by atoms with Crippen molar-refractivity contribution in [2.24, 2.45) is 0 Å². The van der Waals surface area contributed by atoms with Crippen LogP contribution in [0.3, 0.4) is 0 Å². The van der Waals surface area contributed by atoms with Crippen LogP contribution in [0.2, 0.25) is 0 Å². The minimum absolute atomic E-state index is 0.608. The first-order chi connectivity index (χ1) is 8.74. The van der Waals surface area contributed by atoms with Crippen molar-refractivity contribution in [2.75, 3.05) is 0 Å². The van der Waals surface area contributed by atoms with Crippen molar-refractivity contribution < 1.29 is 4.52 Å². The van der Waals surface area contributed by atoms with E-state index < -0.39 is 0 Å². The second kappa shape index (κ2) is 4.82. The van der Waals surface area contributed by atoms with Crippen LogP contribution in [-0.4, -0.2) is 27.1 Å². The average molecular weight is 263 g/mol. The normalized spacial score (nSPS) is 24.8. The van der Waals surface area contributed by atoms with Gasteiger partial charge in [-0.3, -0.25) is 4.90 Å². The van der Waals surface area contributed by atoms with Gasteiger partial charge in [-0.25, -0.2) is 0 Å². The smallest absolute Gasteiger partial charge is 0.241 e. The predicted octanol–water partition coefficient (Wildman–Crippen LogP) is 3.17. The lowest BCUT2D eigenvalue weighted by Gasteiger charge is -2.23. The highest BCUT2D eigenvalue weighted by molar-refractivity contribution is 7.08. The molecule has 0 spiro atoms. The summed E-state index contributed by atoms with van der Waals surface area (Å²) in [6.07, 6.45) is 2.51. The van der Waals surface area contributed by atoms with Crippen LogP contribution in [0.25, 0.3) is 11.4 Å². The maximum Gasteiger partial charge on any atom is 0.241 e. The summed E-state index contributed by atoms with van der Waals surface area (Å²) in [5.41, 5.74) is 1.04. The molecule has 1 aliphatic heterocycles. The van der Waals surface area contributed by atoms with Crippen LogP contribution in [0.1, 0.15) is 32.6 Å². The van der Waals surface area contributed by atoms with Crippen molar-refractivity contribution >= 4 is 11.3 Å². The van der Waals surface area contributed by atoms with Crippen molar-refractivity contribution in [3.8, 4) is 11.4 Å². The van der Waals surface area contributed by atoms with Crippen LogP contribution in [0, 0.1) is 0 Å². The van der Waals surface area contributed by atoms with Gasteiger partial charge in [0.25, 0.3) is 0 Å². The maximum atomic E-state index is 5.35. The van der Waals surface area contributed by atoms with Gasteiger partial charge in [0.15, 0.2) is 0 Å². The molecule has 18 heavy (non-hydrogen) atoms. The molecule has 2 aromatic rings. The topological polar surface area (TPSA) is 42.2 Å². The zero-order valence-electron chi connectivity index (χ0n) is 10.7. The molecular formula is C13H17N3OS. The number of aromatic nitrogens is 2. The molecule has 0 aromatic carbocycles. The third-order valence-electron chi connectivity index (χ3n) is 3.70. The largest absolute Gasteiger partial charge is 0.338 e. The summed E-state index contributed by atoms with van der Waals surface area (Å²) in [4.78, 5) is 6.91. The monoisotopic (exact) mass is 263 g/mol. The van der Waals surface area contributed by atoms with E-state index in [9.17, 15) is 0 Å². The molecule has 0 amide bonds. The third kappa shape index (κ3) is 2.20. The quantitative estimate of drug-likeness (QED) is 0.853. The molecule has 3 heterocycles. The summed E-state index contributed by atoms with van der Waals surface area (Å²) in [7, 11) is 0. The van der Waals surface area contributed by atoms with Gasteiger partial charge >= 0.3 is 0 Å². The molecule has 1 saturated heterocycles. The van der Waals surface area contributed by atoms with Crippen LogP contribution in [0.4, 0.5) is 0 Å². The number of hydrogen-bond donors (Lipinski definition) is 0. The first-order valence-electron chi connectivity index (χ1n) is 6.35. The van der Waals surface area contributed by atoms with Crippen molar-refractivity contribution in [1.29, 1.82) is 0 Å². The molecule has 2 atom stereocenters. The van der Waals surface area contributed by atoms with E-state index in [2.05, 4.69) is 28.9 Å². The lowest BCUT2D eigenvalue weighted by Crippen LogP contribution is -2.32. The van der Waals surface area contributed by atoms with Gasteiger partial charge in [-0.1, -0.05) is 5.16 Å². The zero-order valence-corrected chi connectivity index (χ0v) is 11.5. The van der Waals surface area contributed by atoms with Crippen LogP contribution in [-0.2, 0) is 6.54 Å². The summed E-state index contributed by atoms with van der Waals surface area (Å²) in [5, 5.41) is 8.11. The number of nitrogens with zero attached hydrogens (tertiary/aromatic N) is 3. The number of hydrogen-bond acceptors (Lipinski definition) is 5. The fourth-order valence-electron chi connectivity index (χ4n) is 2.54. The molecule has 0 saturated carbocycles. The van der Waals surface area contributed by atoms with Gasteiger partial charge < -0.3 is 4.52 Å². The molecule has 0 bridgehead atoms. The van der Waals surface area contributed by atoms with E-state index in [1.54, 1.807) is 11.3 Å². The van der Waals surface area contributed by atoms with Crippen LogP contribution in [0.5, 0.6) is 0 Å². The van der Waals surface area contributed by atoms with E-state index in [4.69, 9.17) is 4.52 Å². The molecule has 3 rings (SSSR count). The number of likely N-dealkylation sites (tertiary alicyclic amines) is 1. The Morgan fingerprint density at radius 3 is 2.83 bits per heavy atom. The molecule has 0 aliphatic carbocycles. The van der Waals surface area contributed by atoms with Gasteiger partial charge in [-0.2, -0.15) is 16.3 Å². The molecule has 0 radical (unpaired) electrons. The number of rotatable bonds is 3. The van der Waals surface area contributed by atoms with Gasteiger partial charge in [-0.15, -0.1) is 0 Å². The lowest BCUT2D eigenvalue weighted by atomic mass is 10.2. The Labute approximate surface area is 111 Å². The highest BCUT2D eigenvalue weighted by atomic mass is 32.1. The van der Waals surface area contributed by atoms with Crippen LogP contribution in [0.15, 0.2) is 21.3 Å². The molecule has 2 aromatic heterocycles. The van der Waals surface area contributed by atoms with Gasteiger partial charge in [0, 0.05) is 23.0 Å². The van der Waals surface area contributed by atoms with Gasteiger partial charge in [0.05, 0.1) is 6.54 Å². The van der Waals surface area contributed by atoms with E-state index in [0.717, 1.165) is 18.0 Å². The molecule has 4 nitrogen and oxygen atoms in total. The fraction of sp³-hybridized carbons (Fsp3) is 0.538. The summed E-state index contributed by atoms with van der Waals surface area (Å²) >= 11 is 1.65. The molecule has 1 fully saturated rings. The van der Waals surface area contributed by atoms with Crippen LogP contribution < -0.4 is 0 Å². The molecule has 2 unspecified atom stereocenters. The SMILES string of the molecule is CC1CCC(C)N1Cc1nc(-c2ccsc2)no1. The minimum atomic E-state index is 0.608. The Morgan fingerprint density at radius 1 is 1.39 bits per heavy atom. The maximum absolute atomic E-state index is 5.35. The molecular weight excluding hydrogens is 246 g/mol. The van der Waals surface area contributed by atoms with E-state index in [1.165, 1.54) is 12.8 Å². The lowest BCUT2D eigenvalue weighted by molar-refractivity contribution is 0.178. The number of thiophene rings is 1. The summed E-state index contributed by atoms with van der Waals surface area (Å²) in [6.45, 7) is 5.29. The standard InChI is InChI=1S/C13H17N3OS/c1-9-3-4-10(2)16(9)7-12-14-13(15-17-12)11-5-6-18-8-11/h5-6,8-10H,3-4,7H2,1-2H3. The first-order valence-corrected chi connectivity index (χ1v) is 7.29. The van der Waals surface area contributed by atoms with Crippen molar-refractivity contribution in [3.63, 3.8) is 0 Å². The predicted molar refractivity (Wildman–Crippen MR) is 71.3 cm³/mol. The molecule has 1 aliphatic rings. The Kier molecular flexibility index (Phi) is 3.18. The van der Waals surface area contributed by atoms with Gasteiger partial charge in [0.2, 0.25) is 11.7 Å². The van der Waals surface area contributed by atoms with E-state index in [0.29, 0.717) is 17.9 Å². The van der Waals surface area contributed by atoms with E-state index in [-0.39, 0.29) is 0 Å². The average Bonchev–Trinajstić information content (AvgIpc) is 3.06. The molecule has 96 valence electrons. The highest BCUT2D eigenvalue weighted by Crippen LogP contribution is 2.26. The Morgan fingerprint density at radius 2 is 2.17 bits per heavy atom. The second-order valence-electron chi connectivity index (χ2n) is 4.97. The summed E-state index contributed by atoms with van der Waals surface area (Å²) < 4.78 is 5.35. The molecule has 0 N–H and O–H groups in total. The zero-order chi connectivity index (χ0) is 12.5. The van der Waals surface area contributed by atoms with E-state index >= 15 is 0 Å². The first kappa shape index (κ1) is 11.9. The third-order valence-corrected chi connectivity index (χ3v) is 4.38. The van der Waals surface area contributed by atoms with E-state index in [1.807, 2.05) is 16.8 Å².